The Morgan fingerprint density at radius 1 is 0.644 bits per heavy atom. The monoisotopic (exact) mass is 806 g/mol. The maximum atomic E-state index is 12.7. The number of anilines is 1. The number of aromatic nitrogens is 2. The van der Waals surface area contributed by atoms with Gasteiger partial charge in [0.15, 0.2) is 0 Å². The molecule has 0 aliphatic carbocycles. The topological polar surface area (TPSA) is 99.5 Å². The second-order valence-corrected chi connectivity index (χ2v) is 14.1. The van der Waals surface area contributed by atoms with Gasteiger partial charge < -0.3 is 14.8 Å². The highest BCUT2D eigenvalue weighted by atomic mass is 16.6. The summed E-state index contributed by atoms with van der Waals surface area (Å²) in [5.74, 6) is -0.225. The van der Waals surface area contributed by atoms with Gasteiger partial charge in [-0.1, -0.05) is 148 Å². The van der Waals surface area contributed by atoms with Crippen molar-refractivity contribution in [3.8, 4) is 0 Å². The molecule has 0 bridgehead atoms. The lowest BCUT2D eigenvalue weighted by molar-refractivity contribution is -0.148. The molecule has 0 aromatic carbocycles. The van der Waals surface area contributed by atoms with Crippen molar-refractivity contribution in [2.75, 3.05) is 11.9 Å². The van der Waals surface area contributed by atoms with E-state index in [1.54, 1.807) is 12.3 Å². The zero-order valence-corrected chi connectivity index (χ0v) is 35.9. The molecule has 1 N–H and O–H groups in total. The van der Waals surface area contributed by atoms with Gasteiger partial charge in [-0.3, -0.25) is 14.2 Å². The molecule has 59 heavy (non-hydrogen) atoms. The van der Waals surface area contributed by atoms with Crippen molar-refractivity contribution in [2.24, 2.45) is 0 Å². The van der Waals surface area contributed by atoms with Gasteiger partial charge in [-0.15, -0.1) is 0 Å². The first-order chi connectivity index (χ1) is 29.0. The molecule has 1 aliphatic heterocycles. The molecule has 0 saturated carbocycles. The largest absolute Gasteiger partial charge is 0.463 e. The van der Waals surface area contributed by atoms with E-state index in [1.807, 2.05) is 6.08 Å². The van der Waals surface area contributed by atoms with Gasteiger partial charge in [-0.2, -0.15) is 4.98 Å². The van der Waals surface area contributed by atoms with Crippen LogP contribution in [-0.4, -0.2) is 34.1 Å². The molecular weight excluding hydrogens is 735 g/mol. The van der Waals surface area contributed by atoms with Crippen LogP contribution in [0.5, 0.6) is 0 Å². The Hall–Kier alpha value is -5.08. The van der Waals surface area contributed by atoms with Gasteiger partial charge in [0.25, 0.3) is 0 Å². The second kappa shape index (κ2) is 36.0. The minimum Gasteiger partial charge on any atom is -0.463 e. The van der Waals surface area contributed by atoms with Gasteiger partial charge >= 0.3 is 11.7 Å². The first-order valence-corrected chi connectivity index (χ1v) is 21.9. The van der Waals surface area contributed by atoms with Gasteiger partial charge in [0.2, 0.25) is 5.91 Å². The molecule has 1 aliphatic rings. The van der Waals surface area contributed by atoms with Gasteiger partial charge in [-0.05, 0) is 109 Å². The summed E-state index contributed by atoms with van der Waals surface area (Å²) in [5.41, 5.74) is -0.499. The van der Waals surface area contributed by atoms with E-state index in [9.17, 15) is 14.4 Å². The Bertz CT molecular complexity index is 1680. The Morgan fingerprint density at radius 2 is 1.08 bits per heavy atom. The van der Waals surface area contributed by atoms with Crippen LogP contribution >= 0.6 is 0 Å². The molecule has 1 aromatic heterocycles. The van der Waals surface area contributed by atoms with Crippen LogP contribution < -0.4 is 11.0 Å². The van der Waals surface area contributed by atoms with Crippen LogP contribution in [0.2, 0.25) is 0 Å². The fraction of sp³-hybridized carbons (Fsp3) is 0.451. The fourth-order valence-corrected chi connectivity index (χ4v) is 5.77. The van der Waals surface area contributed by atoms with Gasteiger partial charge in [0.1, 0.15) is 18.7 Å². The summed E-state index contributed by atoms with van der Waals surface area (Å²) in [6, 6.07) is 1.61. The van der Waals surface area contributed by atoms with Gasteiger partial charge in [0, 0.05) is 19.0 Å². The molecule has 1 aromatic rings. The summed E-state index contributed by atoms with van der Waals surface area (Å²) in [5, 5.41) is 2.72. The van der Waals surface area contributed by atoms with E-state index in [-0.39, 0.29) is 30.4 Å². The van der Waals surface area contributed by atoms with E-state index in [2.05, 4.69) is 152 Å². The zero-order valence-electron chi connectivity index (χ0n) is 35.9. The van der Waals surface area contributed by atoms with E-state index < -0.39 is 11.9 Å². The number of carbonyl (C=O) groups excluding carboxylic acids is 2. The molecule has 8 nitrogen and oxygen atoms in total. The maximum Gasteiger partial charge on any atom is 0.351 e. The Balaban J connectivity index is 1.52. The van der Waals surface area contributed by atoms with Gasteiger partial charge in [-0.25, -0.2) is 4.79 Å². The number of esters is 1. The number of carbonyl (C=O) groups is 2. The molecule has 320 valence electrons. The van der Waals surface area contributed by atoms with Crippen LogP contribution in [0.1, 0.15) is 136 Å². The number of allylic oxidation sites excluding steroid dienone is 22. The number of unbranched alkanes of at least 4 members (excludes halogenated alkanes) is 1. The molecule has 2 atom stereocenters. The van der Waals surface area contributed by atoms with Crippen molar-refractivity contribution in [2.45, 2.75) is 142 Å². The zero-order chi connectivity index (χ0) is 42.3. The average Bonchev–Trinajstić information content (AvgIpc) is 3.71. The highest BCUT2D eigenvalue weighted by Crippen LogP contribution is 2.27. The van der Waals surface area contributed by atoms with E-state index in [0.29, 0.717) is 38.5 Å². The first-order valence-electron chi connectivity index (χ1n) is 21.9. The lowest BCUT2D eigenvalue weighted by Crippen LogP contribution is -2.28. The van der Waals surface area contributed by atoms with E-state index in [1.165, 1.54) is 4.57 Å². The number of rotatable bonds is 31. The van der Waals surface area contributed by atoms with Crippen molar-refractivity contribution in [3.05, 3.63) is 156 Å². The summed E-state index contributed by atoms with van der Waals surface area (Å²) in [7, 11) is 0. The first kappa shape index (κ1) is 50.1. The molecule has 8 heteroatoms. The summed E-state index contributed by atoms with van der Waals surface area (Å²) in [4.78, 5) is 41.5. The molecule has 1 unspecified atom stereocenters. The number of ether oxygens (including phenoxy) is 2. The quantitative estimate of drug-likeness (QED) is 0.0456. The molecular formula is C51H71N3O5. The van der Waals surface area contributed by atoms with Crippen LogP contribution in [0.4, 0.5) is 5.82 Å². The third-order valence-corrected chi connectivity index (χ3v) is 8.97. The smallest absolute Gasteiger partial charge is 0.351 e. The number of nitrogens with zero attached hydrogens (tertiary/aromatic N) is 2. The molecule has 1 saturated heterocycles. The predicted octanol–water partition coefficient (Wildman–Crippen LogP) is 12.8. The van der Waals surface area contributed by atoms with E-state index in [4.69, 9.17) is 9.47 Å². The molecule has 0 radical (unpaired) electrons. The minimum atomic E-state index is -0.499. The average molecular weight is 806 g/mol. The van der Waals surface area contributed by atoms with Crippen molar-refractivity contribution in [1.29, 1.82) is 0 Å². The molecule has 0 spiro atoms. The summed E-state index contributed by atoms with van der Waals surface area (Å²) >= 11 is 0. The van der Waals surface area contributed by atoms with E-state index >= 15 is 0 Å². The number of nitrogens with one attached hydrogen (secondary N) is 1. The van der Waals surface area contributed by atoms with Crippen LogP contribution in [0.15, 0.2) is 151 Å². The Morgan fingerprint density at radius 3 is 1.54 bits per heavy atom. The second-order valence-electron chi connectivity index (χ2n) is 14.1. The Kier molecular flexibility index (Phi) is 30.6. The summed E-state index contributed by atoms with van der Waals surface area (Å²) < 4.78 is 12.9. The summed E-state index contributed by atoms with van der Waals surface area (Å²) in [6.45, 7) is 4.44. The van der Waals surface area contributed by atoms with Gasteiger partial charge in [0.05, 0.1) is 6.10 Å². The fourth-order valence-electron chi connectivity index (χ4n) is 5.77. The molecule has 1 amide bonds. The van der Waals surface area contributed by atoms with Crippen molar-refractivity contribution in [3.63, 3.8) is 0 Å². The van der Waals surface area contributed by atoms with Crippen LogP contribution in [-0.2, 0) is 19.1 Å². The van der Waals surface area contributed by atoms with Crippen LogP contribution in [0.25, 0.3) is 0 Å². The SMILES string of the molecule is CC/C=C\C/C=C\C/C=C\C/C=C\C/C=C\C/C=C\CCC(=O)OC[C@@H]1CCC(n2ccc(NC(=O)CCC/C=C\C/C=C\C/C=C\C/C=C\C/C=C\CC)nc2=O)O1. The predicted molar refractivity (Wildman–Crippen MR) is 247 cm³/mol. The Labute approximate surface area is 355 Å². The third-order valence-electron chi connectivity index (χ3n) is 8.97. The van der Waals surface area contributed by atoms with Crippen LogP contribution in [0.3, 0.4) is 0 Å². The third kappa shape index (κ3) is 28.1. The molecule has 2 rings (SSSR count). The molecule has 1 fully saturated rings. The van der Waals surface area contributed by atoms with Crippen molar-refractivity contribution >= 4 is 17.7 Å². The normalized spacial score (nSPS) is 16.7. The highest BCUT2D eigenvalue weighted by molar-refractivity contribution is 5.89. The van der Waals surface area contributed by atoms with Crippen molar-refractivity contribution < 1.29 is 19.1 Å². The highest BCUT2D eigenvalue weighted by Gasteiger charge is 2.28. The maximum absolute atomic E-state index is 12.7. The lowest BCUT2D eigenvalue weighted by atomic mass is 10.2. The van der Waals surface area contributed by atoms with Crippen LogP contribution in [0, 0.1) is 0 Å². The number of hydrogen-bond acceptors (Lipinski definition) is 6. The standard InChI is InChI=1S/C51H71N3O5/c1-3-5-7-9-11-13-15-17-19-21-22-24-26-28-30-32-34-36-38-40-50(56)58-45-46-41-42-49(59-46)54-44-43-47(53-51(54)57)52-48(55)39-37-35-33-31-29-27-25-23-20-18-16-14-12-10-8-6-4-2/h5-8,11-14,17-20,22,24-25,27-28,30-31,33-34,36,43-44,46,49H,3-4,9-10,15-16,21,23,26,29,32,35,37-42,45H2,1-2H3,(H,52,53,55,57)/b7-5-,8-6-,13-11-,14-12-,19-17-,20-18-,24-22-,27-25-,30-28-,33-31-,36-34-/t46-,49?/m0/s1. The van der Waals surface area contributed by atoms with E-state index in [0.717, 1.165) is 77.0 Å². The minimum absolute atomic E-state index is 0.148. The van der Waals surface area contributed by atoms with Crippen molar-refractivity contribution in [1.82, 2.24) is 9.55 Å². The number of hydrogen-bond donors (Lipinski definition) is 1. The number of amides is 1. The molecule has 2 heterocycles. The lowest BCUT2D eigenvalue weighted by Gasteiger charge is -2.16. The summed E-state index contributed by atoms with van der Waals surface area (Å²) in [6.07, 6.45) is 62.9.